The van der Waals surface area contributed by atoms with Gasteiger partial charge in [-0.3, -0.25) is 15.0 Å². The van der Waals surface area contributed by atoms with Gasteiger partial charge in [0.15, 0.2) is 5.75 Å². The number of hydrogen-bond donors (Lipinski definition) is 1. The van der Waals surface area contributed by atoms with Gasteiger partial charge in [-0.2, -0.15) is 0 Å². The number of benzene rings is 1. The van der Waals surface area contributed by atoms with E-state index >= 15 is 0 Å². The van der Waals surface area contributed by atoms with Crippen LogP contribution in [0.15, 0.2) is 24.3 Å². The van der Waals surface area contributed by atoms with Gasteiger partial charge in [0.25, 0.3) is 0 Å². The molecule has 128 valence electrons. The summed E-state index contributed by atoms with van der Waals surface area (Å²) in [5, 5.41) is 21.2. The van der Waals surface area contributed by atoms with Crippen LogP contribution in [0.4, 0.5) is 5.69 Å². The molecule has 2 rings (SSSR count). The SMILES string of the molecule is CCN(C[C@@H](O)COc1ccccc1[N+](=O)[O-])C1CCCCC1. The van der Waals surface area contributed by atoms with Gasteiger partial charge in [0.1, 0.15) is 12.7 Å². The van der Waals surface area contributed by atoms with Crippen molar-refractivity contribution in [3.05, 3.63) is 34.4 Å². The molecule has 0 bridgehead atoms. The molecule has 0 amide bonds. The van der Waals surface area contributed by atoms with E-state index in [1.165, 1.54) is 38.2 Å². The van der Waals surface area contributed by atoms with E-state index in [0.717, 1.165) is 6.54 Å². The minimum Gasteiger partial charge on any atom is -0.484 e. The number of para-hydroxylation sites is 2. The Bertz CT molecular complexity index is 503. The van der Waals surface area contributed by atoms with E-state index in [-0.39, 0.29) is 18.0 Å². The smallest absolute Gasteiger partial charge is 0.310 e. The Kier molecular flexibility index (Phi) is 6.80. The Balaban J connectivity index is 1.86. The van der Waals surface area contributed by atoms with Gasteiger partial charge in [-0.05, 0) is 25.5 Å². The molecule has 0 aromatic heterocycles. The van der Waals surface area contributed by atoms with Crippen LogP contribution in [0.5, 0.6) is 5.75 Å². The van der Waals surface area contributed by atoms with Crippen LogP contribution in [0.2, 0.25) is 0 Å². The van der Waals surface area contributed by atoms with Crippen molar-refractivity contribution in [2.45, 2.75) is 51.2 Å². The summed E-state index contributed by atoms with van der Waals surface area (Å²) in [5.41, 5.74) is -0.0701. The molecular formula is C17H26N2O4. The van der Waals surface area contributed by atoms with E-state index in [4.69, 9.17) is 4.74 Å². The molecule has 1 aliphatic rings. The molecule has 1 fully saturated rings. The van der Waals surface area contributed by atoms with Crippen molar-refractivity contribution in [3.63, 3.8) is 0 Å². The van der Waals surface area contributed by atoms with Gasteiger partial charge in [0.2, 0.25) is 0 Å². The summed E-state index contributed by atoms with van der Waals surface area (Å²) >= 11 is 0. The van der Waals surface area contributed by atoms with Crippen LogP contribution >= 0.6 is 0 Å². The van der Waals surface area contributed by atoms with E-state index in [2.05, 4.69) is 11.8 Å². The third kappa shape index (κ3) is 5.18. The van der Waals surface area contributed by atoms with E-state index in [0.29, 0.717) is 12.6 Å². The lowest BCUT2D eigenvalue weighted by molar-refractivity contribution is -0.385. The topological polar surface area (TPSA) is 75.8 Å². The lowest BCUT2D eigenvalue weighted by Crippen LogP contribution is -2.43. The standard InChI is InChI=1S/C17H26N2O4/c1-2-18(14-8-4-3-5-9-14)12-15(20)13-23-17-11-7-6-10-16(17)19(21)22/h6-7,10-11,14-15,20H,2-5,8-9,12-13H2,1H3/t15-/m1/s1. The molecule has 0 heterocycles. The Morgan fingerprint density at radius 3 is 2.70 bits per heavy atom. The zero-order valence-corrected chi connectivity index (χ0v) is 13.7. The number of likely N-dealkylation sites (N-methyl/N-ethyl adjacent to an activating group) is 1. The van der Waals surface area contributed by atoms with Crippen LogP contribution in [0.25, 0.3) is 0 Å². The van der Waals surface area contributed by atoms with Gasteiger partial charge in [-0.15, -0.1) is 0 Å². The predicted molar refractivity (Wildman–Crippen MR) is 88.7 cm³/mol. The Morgan fingerprint density at radius 2 is 2.04 bits per heavy atom. The fourth-order valence-electron chi connectivity index (χ4n) is 3.22. The molecule has 0 spiro atoms. The lowest BCUT2D eigenvalue weighted by Gasteiger charge is -2.34. The molecule has 0 radical (unpaired) electrons. The summed E-state index contributed by atoms with van der Waals surface area (Å²) in [5.74, 6) is 0.206. The van der Waals surface area contributed by atoms with Gasteiger partial charge in [-0.25, -0.2) is 0 Å². The number of rotatable bonds is 8. The third-order valence-corrected chi connectivity index (χ3v) is 4.44. The highest BCUT2D eigenvalue weighted by Crippen LogP contribution is 2.26. The minimum atomic E-state index is -0.656. The predicted octanol–water partition coefficient (Wildman–Crippen LogP) is 2.99. The van der Waals surface area contributed by atoms with Crippen LogP contribution in [-0.2, 0) is 0 Å². The number of aliphatic hydroxyl groups is 1. The number of aliphatic hydroxyl groups excluding tert-OH is 1. The average Bonchev–Trinajstić information content (AvgIpc) is 2.58. The minimum absolute atomic E-state index is 0.0636. The molecule has 1 aromatic rings. The first-order chi connectivity index (χ1) is 11.1. The molecule has 1 saturated carbocycles. The maximum atomic E-state index is 11.0. The van der Waals surface area contributed by atoms with E-state index in [1.807, 2.05) is 0 Å². The number of nitro benzene ring substituents is 1. The van der Waals surface area contributed by atoms with Gasteiger partial charge < -0.3 is 9.84 Å². The molecule has 6 nitrogen and oxygen atoms in total. The maximum absolute atomic E-state index is 11.0. The first-order valence-electron chi connectivity index (χ1n) is 8.40. The summed E-state index contributed by atoms with van der Waals surface area (Å²) in [7, 11) is 0. The second kappa shape index (κ2) is 8.84. The van der Waals surface area contributed by atoms with Crippen LogP contribution in [0, 0.1) is 10.1 Å². The van der Waals surface area contributed by atoms with Gasteiger partial charge in [0, 0.05) is 18.7 Å². The van der Waals surface area contributed by atoms with Crippen LogP contribution in [0.3, 0.4) is 0 Å². The fraction of sp³-hybridized carbons (Fsp3) is 0.647. The summed E-state index contributed by atoms with van der Waals surface area (Å²) in [6.07, 6.45) is 5.53. The van der Waals surface area contributed by atoms with Gasteiger partial charge in [-0.1, -0.05) is 38.3 Å². The highest BCUT2D eigenvalue weighted by Gasteiger charge is 2.22. The zero-order valence-electron chi connectivity index (χ0n) is 13.7. The zero-order chi connectivity index (χ0) is 16.7. The van der Waals surface area contributed by atoms with E-state index in [1.54, 1.807) is 18.2 Å². The van der Waals surface area contributed by atoms with Crippen LogP contribution < -0.4 is 4.74 Å². The van der Waals surface area contributed by atoms with Crippen LogP contribution in [-0.4, -0.2) is 46.8 Å². The normalized spacial score (nSPS) is 17.2. The second-order valence-electron chi connectivity index (χ2n) is 6.07. The van der Waals surface area contributed by atoms with Gasteiger partial charge in [0.05, 0.1) is 4.92 Å². The molecule has 23 heavy (non-hydrogen) atoms. The molecule has 1 atom stereocenters. The summed E-state index contributed by atoms with van der Waals surface area (Å²) in [6, 6.07) is 6.79. The Hall–Kier alpha value is -1.66. The number of nitro groups is 1. The number of nitrogens with zero attached hydrogens (tertiary/aromatic N) is 2. The first kappa shape index (κ1) is 17.7. The highest BCUT2D eigenvalue weighted by atomic mass is 16.6. The van der Waals surface area contributed by atoms with Crippen molar-refractivity contribution < 1.29 is 14.8 Å². The van der Waals surface area contributed by atoms with Crippen molar-refractivity contribution in [1.29, 1.82) is 0 Å². The van der Waals surface area contributed by atoms with Gasteiger partial charge >= 0.3 is 5.69 Å². The monoisotopic (exact) mass is 322 g/mol. The summed E-state index contributed by atoms with van der Waals surface area (Å²) < 4.78 is 5.47. The average molecular weight is 322 g/mol. The van der Waals surface area contributed by atoms with Crippen molar-refractivity contribution in [2.75, 3.05) is 19.7 Å². The maximum Gasteiger partial charge on any atom is 0.310 e. The van der Waals surface area contributed by atoms with Crippen molar-refractivity contribution in [2.24, 2.45) is 0 Å². The van der Waals surface area contributed by atoms with Crippen LogP contribution in [0.1, 0.15) is 39.0 Å². The second-order valence-corrected chi connectivity index (χ2v) is 6.07. The molecule has 6 heteroatoms. The Morgan fingerprint density at radius 1 is 1.35 bits per heavy atom. The molecular weight excluding hydrogens is 296 g/mol. The molecule has 1 aromatic carbocycles. The molecule has 0 aliphatic heterocycles. The first-order valence-corrected chi connectivity index (χ1v) is 8.40. The quantitative estimate of drug-likeness (QED) is 0.588. The largest absolute Gasteiger partial charge is 0.484 e. The van der Waals surface area contributed by atoms with E-state index < -0.39 is 11.0 Å². The Labute approximate surface area is 137 Å². The highest BCUT2D eigenvalue weighted by molar-refractivity contribution is 5.45. The summed E-state index contributed by atoms with van der Waals surface area (Å²) in [6.45, 7) is 3.60. The van der Waals surface area contributed by atoms with Crippen molar-refractivity contribution in [3.8, 4) is 5.75 Å². The molecule has 0 unspecified atom stereocenters. The van der Waals surface area contributed by atoms with Crippen molar-refractivity contribution in [1.82, 2.24) is 4.90 Å². The molecule has 0 saturated heterocycles. The number of hydrogen-bond acceptors (Lipinski definition) is 5. The lowest BCUT2D eigenvalue weighted by atomic mass is 9.94. The summed E-state index contributed by atoms with van der Waals surface area (Å²) in [4.78, 5) is 12.8. The van der Waals surface area contributed by atoms with Crippen molar-refractivity contribution >= 4 is 5.69 Å². The number of ether oxygens (including phenoxy) is 1. The van der Waals surface area contributed by atoms with E-state index in [9.17, 15) is 15.2 Å². The molecule has 1 aliphatic carbocycles. The molecule has 1 N–H and O–H groups in total. The third-order valence-electron chi connectivity index (χ3n) is 4.44. The fourth-order valence-corrected chi connectivity index (χ4v) is 3.22.